The fourth-order valence-electron chi connectivity index (χ4n) is 3.25. The van der Waals surface area contributed by atoms with E-state index in [0.717, 1.165) is 12.2 Å². The highest BCUT2D eigenvalue weighted by atomic mass is 19.1. The second kappa shape index (κ2) is 7.28. The summed E-state index contributed by atoms with van der Waals surface area (Å²) in [6.07, 6.45) is 6.38. The maximum absolute atomic E-state index is 14.1. The number of hydrogen-bond acceptors (Lipinski definition) is 7. The van der Waals surface area contributed by atoms with Crippen LogP contribution >= 0.6 is 0 Å². The molecule has 2 aromatic heterocycles. The summed E-state index contributed by atoms with van der Waals surface area (Å²) >= 11 is 0. The minimum absolute atomic E-state index is 0.0475. The lowest BCUT2D eigenvalue weighted by Gasteiger charge is -2.34. The van der Waals surface area contributed by atoms with Gasteiger partial charge in [0.15, 0.2) is 11.6 Å². The van der Waals surface area contributed by atoms with Gasteiger partial charge in [-0.3, -0.25) is 0 Å². The van der Waals surface area contributed by atoms with E-state index in [-0.39, 0.29) is 11.8 Å². The summed E-state index contributed by atoms with van der Waals surface area (Å²) in [6, 6.07) is 4.93. The van der Waals surface area contributed by atoms with E-state index in [2.05, 4.69) is 25.5 Å². The molecule has 3 heterocycles. The van der Waals surface area contributed by atoms with Crippen LogP contribution in [0, 0.1) is 0 Å². The summed E-state index contributed by atoms with van der Waals surface area (Å²) in [5.41, 5.74) is 1.25. The first-order valence-electron chi connectivity index (χ1n) is 8.72. The Hall–Kier alpha value is -3.07. The first-order chi connectivity index (χ1) is 13.1. The monoisotopic (exact) mass is 369 g/mol. The Bertz CT molecular complexity index is 901. The molecule has 1 saturated heterocycles. The van der Waals surface area contributed by atoms with Crippen LogP contribution in [0.2, 0.25) is 0 Å². The molecule has 140 valence electrons. The van der Waals surface area contributed by atoms with E-state index < -0.39 is 6.17 Å². The quantitative estimate of drug-likeness (QED) is 0.721. The summed E-state index contributed by atoms with van der Waals surface area (Å²) in [5.74, 6) is 0.859. The van der Waals surface area contributed by atoms with Gasteiger partial charge in [-0.15, -0.1) is 10.2 Å². The van der Waals surface area contributed by atoms with E-state index in [1.54, 1.807) is 53.6 Å². The summed E-state index contributed by atoms with van der Waals surface area (Å²) in [4.78, 5) is 10.1. The van der Waals surface area contributed by atoms with Gasteiger partial charge in [0.2, 0.25) is 0 Å². The van der Waals surface area contributed by atoms with Gasteiger partial charge in [-0.25, -0.2) is 14.4 Å². The van der Waals surface area contributed by atoms with Crippen LogP contribution in [0.1, 0.15) is 6.42 Å². The van der Waals surface area contributed by atoms with Crippen LogP contribution in [0.4, 0.5) is 10.2 Å². The van der Waals surface area contributed by atoms with Crippen molar-refractivity contribution in [1.29, 1.82) is 0 Å². The molecule has 4 rings (SSSR count). The van der Waals surface area contributed by atoms with Crippen LogP contribution in [0.3, 0.4) is 0 Å². The van der Waals surface area contributed by atoms with Crippen molar-refractivity contribution in [1.82, 2.24) is 30.0 Å². The Morgan fingerprint density at radius 2 is 2.22 bits per heavy atom. The number of phenolic OH excluding ortho intramolecular Hbond substituents is 1. The number of hydrogen-bond donors (Lipinski definition) is 2. The average molecular weight is 369 g/mol. The number of anilines is 1. The predicted octanol–water partition coefficient (Wildman–Crippen LogP) is 1.57. The van der Waals surface area contributed by atoms with Crippen molar-refractivity contribution in [3.05, 3.63) is 43.1 Å². The molecule has 1 fully saturated rings. The van der Waals surface area contributed by atoms with Crippen molar-refractivity contribution in [3.8, 4) is 22.8 Å². The topological polar surface area (TPSA) is 92.0 Å². The molecule has 1 aliphatic heterocycles. The van der Waals surface area contributed by atoms with Crippen molar-refractivity contribution in [2.24, 2.45) is 0 Å². The van der Waals surface area contributed by atoms with Crippen molar-refractivity contribution in [2.75, 3.05) is 25.0 Å². The van der Waals surface area contributed by atoms with Crippen molar-refractivity contribution in [2.45, 2.75) is 18.6 Å². The predicted molar refractivity (Wildman–Crippen MR) is 98.6 cm³/mol. The first kappa shape index (κ1) is 17.3. The van der Waals surface area contributed by atoms with Crippen LogP contribution in [0.15, 0.2) is 43.1 Å². The Kier molecular flexibility index (Phi) is 4.68. The lowest BCUT2D eigenvalue weighted by Crippen LogP contribution is -2.50. The number of aromatic nitrogens is 5. The molecule has 0 saturated carbocycles. The number of halogens is 1. The fourth-order valence-corrected chi connectivity index (χ4v) is 3.25. The zero-order chi connectivity index (χ0) is 18.8. The highest BCUT2D eigenvalue weighted by Crippen LogP contribution is 2.29. The molecule has 9 heteroatoms. The largest absolute Gasteiger partial charge is 0.507 e. The van der Waals surface area contributed by atoms with E-state index >= 15 is 0 Å². The SMILES string of the molecule is CN(c1cnc(-c2ccc(-n3ccnc3)cc2O)nn1)[C@H]1CCNC[C@@H]1F. The average Bonchev–Trinajstić information content (AvgIpc) is 3.23. The highest BCUT2D eigenvalue weighted by Gasteiger charge is 2.29. The lowest BCUT2D eigenvalue weighted by atomic mass is 10.0. The van der Waals surface area contributed by atoms with Crippen LogP contribution in [-0.4, -0.2) is 62.2 Å². The van der Waals surface area contributed by atoms with Gasteiger partial charge in [0.1, 0.15) is 11.9 Å². The number of nitrogens with one attached hydrogen (secondary N) is 1. The number of imidazole rings is 1. The second-order valence-electron chi connectivity index (χ2n) is 6.50. The van der Waals surface area contributed by atoms with Gasteiger partial charge in [0.25, 0.3) is 0 Å². The summed E-state index contributed by atoms with van der Waals surface area (Å²) < 4.78 is 15.9. The number of alkyl halides is 1. The van der Waals surface area contributed by atoms with Gasteiger partial charge in [-0.05, 0) is 25.1 Å². The smallest absolute Gasteiger partial charge is 0.185 e. The fraction of sp³-hybridized carbons (Fsp3) is 0.333. The molecule has 0 bridgehead atoms. The van der Waals surface area contributed by atoms with Gasteiger partial charge in [-0.2, -0.15) is 0 Å². The molecule has 0 spiro atoms. The molecule has 0 amide bonds. The van der Waals surface area contributed by atoms with Crippen molar-refractivity contribution >= 4 is 5.82 Å². The van der Waals surface area contributed by atoms with Gasteiger partial charge < -0.3 is 19.9 Å². The van der Waals surface area contributed by atoms with Crippen molar-refractivity contribution < 1.29 is 9.50 Å². The summed E-state index contributed by atoms with van der Waals surface area (Å²) in [7, 11) is 1.80. The maximum Gasteiger partial charge on any atom is 0.185 e. The van der Waals surface area contributed by atoms with E-state index in [1.807, 2.05) is 6.07 Å². The Morgan fingerprint density at radius 1 is 1.33 bits per heavy atom. The van der Waals surface area contributed by atoms with Crippen LogP contribution in [-0.2, 0) is 0 Å². The molecule has 27 heavy (non-hydrogen) atoms. The zero-order valence-corrected chi connectivity index (χ0v) is 14.8. The molecule has 1 aromatic carbocycles. The number of rotatable bonds is 4. The van der Waals surface area contributed by atoms with Crippen LogP contribution in [0.5, 0.6) is 5.75 Å². The molecular weight excluding hydrogens is 349 g/mol. The van der Waals surface area contributed by atoms with Gasteiger partial charge in [-0.1, -0.05) is 0 Å². The molecule has 0 aliphatic carbocycles. The van der Waals surface area contributed by atoms with E-state index in [1.165, 1.54) is 0 Å². The molecule has 1 aliphatic rings. The van der Waals surface area contributed by atoms with Gasteiger partial charge in [0, 0.05) is 32.1 Å². The number of nitrogens with zero attached hydrogens (tertiary/aromatic N) is 6. The third kappa shape index (κ3) is 3.45. The van der Waals surface area contributed by atoms with E-state index in [9.17, 15) is 9.50 Å². The number of benzene rings is 1. The third-order valence-corrected chi connectivity index (χ3v) is 4.81. The minimum atomic E-state index is -0.968. The number of piperidine rings is 1. The molecule has 3 aromatic rings. The lowest BCUT2D eigenvalue weighted by molar-refractivity contribution is 0.227. The minimum Gasteiger partial charge on any atom is -0.507 e. The van der Waals surface area contributed by atoms with E-state index in [0.29, 0.717) is 30.2 Å². The Morgan fingerprint density at radius 3 is 2.89 bits per heavy atom. The normalized spacial score (nSPS) is 19.8. The van der Waals surface area contributed by atoms with E-state index in [4.69, 9.17) is 0 Å². The zero-order valence-electron chi connectivity index (χ0n) is 14.8. The van der Waals surface area contributed by atoms with Crippen molar-refractivity contribution in [3.63, 3.8) is 0 Å². The molecular formula is C18H20FN7O. The highest BCUT2D eigenvalue weighted by molar-refractivity contribution is 5.66. The van der Waals surface area contributed by atoms with Gasteiger partial charge in [0.05, 0.1) is 29.8 Å². The Labute approximate surface area is 155 Å². The maximum atomic E-state index is 14.1. The standard InChI is InChI=1S/C18H20FN7O/c1-25(15-4-5-20-9-14(15)19)17-10-22-18(24-23-17)13-3-2-12(8-16(13)27)26-7-6-21-11-26/h2-3,6-8,10-11,14-15,20,27H,4-5,9H2,1H3/t14-,15-/m0/s1. The summed E-state index contributed by atoms with van der Waals surface area (Å²) in [5, 5.41) is 21.7. The number of aromatic hydroxyl groups is 1. The molecule has 2 atom stereocenters. The Balaban J connectivity index is 1.55. The second-order valence-corrected chi connectivity index (χ2v) is 6.50. The molecule has 2 N–H and O–H groups in total. The number of phenols is 1. The van der Waals surface area contributed by atoms with Crippen LogP contribution in [0.25, 0.3) is 17.1 Å². The first-order valence-corrected chi connectivity index (χ1v) is 8.72. The molecule has 8 nitrogen and oxygen atoms in total. The molecule has 0 radical (unpaired) electrons. The van der Waals surface area contributed by atoms with Crippen LogP contribution < -0.4 is 10.2 Å². The third-order valence-electron chi connectivity index (χ3n) is 4.81. The summed E-state index contributed by atoms with van der Waals surface area (Å²) in [6.45, 7) is 1.11. The molecule has 0 unspecified atom stereocenters. The van der Waals surface area contributed by atoms with Gasteiger partial charge >= 0.3 is 0 Å².